The highest BCUT2D eigenvalue weighted by atomic mass is 35.5. The smallest absolute Gasteiger partial charge is 0.299 e. The van der Waals surface area contributed by atoms with Crippen molar-refractivity contribution in [3.63, 3.8) is 0 Å². The molecule has 3 aromatic rings. The van der Waals surface area contributed by atoms with E-state index in [9.17, 15) is 13.2 Å². The van der Waals surface area contributed by atoms with Crippen molar-refractivity contribution in [1.29, 1.82) is 0 Å². The Bertz CT molecular complexity index is 961. The Balaban J connectivity index is 1.69. The van der Waals surface area contributed by atoms with Crippen LogP contribution in [0.3, 0.4) is 0 Å². The summed E-state index contributed by atoms with van der Waals surface area (Å²) in [7, 11) is 0. The fourth-order valence-electron chi connectivity index (χ4n) is 2.05. The molecule has 0 fully saturated rings. The largest absolute Gasteiger partial charge is 0.484 e. The zero-order chi connectivity index (χ0) is 19.4. The van der Waals surface area contributed by atoms with Crippen LogP contribution < -0.4 is 4.74 Å². The maximum atomic E-state index is 13.0. The lowest BCUT2D eigenvalue weighted by atomic mass is 10.3. The first kappa shape index (κ1) is 19.3. The molecule has 2 aromatic heterocycles. The Hall–Kier alpha value is -2.46. The fourth-order valence-corrected chi connectivity index (χ4v) is 2.70. The summed E-state index contributed by atoms with van der Waals surface area (Å²) in [6.07, 6.45) is 0.133. The monoisotopic (exact) mass is 416 g/mol. The molecule has 6 nitrogen and oxygen atoms in total. The van der Waals surface area contributed by atoms with Gasteiger partial charge in [-0.1, -0.05) is 23.4 Å². The van der Waals surface area contributed by atoms with E-state index < -0.39 is 18.1 Å². The number of ether oxygens (including phenoxy) is 1. The van der Waals surface area contributed by atoms with Crippen molar-refractivity contribution in [3.05, 3.63) is 58.5 Å². The van der Waals surface area contributed by atoms with Crippen molar-refractivity contribution in [3.8, 4) is 5.75 Å². The summed E-state index contributed by atoms with van der Waals surface area (Å²) >= 11 is 7.02. The van der Waals surface area contributed by atoms with E-state index >= 15 is 0 Å². The van der Waals surface area contributed by atoms with Gasteiger partial charge in [-0.25, -0.2) is 13.2 Å². The Kier molecular flexibility index (Phi) is 6.07. The molecule has 0 saturated heterocycles. The predicted molar refractivity (Wildman–Crippen MR) is 94.2 cm³/mol. The van der Waals surface area contributed by atoms with Crippen LogP contribution in [0.2, 0.25) is 5.02 Å². The molecule has 3 rings (SSSR count). The first-order chi connectivity index (χ1) is 13.0. The van der Waals surface area contributed by atoms with Gasteiger partial charge in [0.15, 0.2) is 0 Å². The Morgan fingerprint density at radius 3 is 2.85 bits per heavy atom. The van der Waals surface area contributed by atoms with Gasteiger partial charge in [0.1, 0.15) is 29.7 Å². The van der Waals surface area contributed by atoms with Crippen LogP contribution in [0.4, 0.5) is 13.2 Å². The minimum Gasteiger partial charge on any atom is -0.484 e. The van der Waals surface area contributed by atoms with Crippen LogP contribution in [-0.4, -0.2) is 27.3 Å². The highest BCUT2D eigenvalue weighted by Crippen LogP contribution is 2.26. The van der Waals surface area contributed by atoms with Crippen LogP contribution in [0, 0.1) is 5.82 Å². The molecule has 0 aliphatic carbocycles. The Labute approximate surface area is 161 Å². The Morgan fingerprint density at radius 1 is 1.33 bits per heavy atom. The molecule has 27 heavy (non-hydrogen) atoms. The average molecular weight is 417 g/mol. The van der Waals surface area contributed by atoms with Crippen molar-refractivity contribution in [2.75, 3.05) is 6.26 Å². The van der Waals surface area contributed by atoms with Gasteiger partial charge < -0.3 is 9.15 Å². The van der Waals surface area contributed by atoms with Crippen molar-refractivity contribution in [2.45, 2.75) is 18.2 Å². The molecule has 0 saturated carbocycles. The molecule has 0 unspecified atom stereocenters. The second-order valence-electron chi connectivity index (χ2n) is 5.07. The molecule has 0 spiro atoms. The molecular formula is C16H12ClF3N4O2S. The van der Waals surface area contributed by atoms with E-state index in [4.69, 9.17) is 20.8 Å². The van der Waals surface area contributed by atoms with Gasteiger partial charge in [0.25, 0.3) is 6.43 Å². The summed E-state index contributed by atoms with van der Waals surface area (Å²) in [5, 5.41) is 11.4. The third-order valence-electron chi connectivity index (χ3n) is 3.26. The summed E-state index contributed by atoms with van der Waals surface area (Å²) < 4.78 is 50.8. The number of alkyl halides is 2. The SMILES string of the molecule is CSc1nnc(C(F)F)n1/N=C\c1ccc(COc2ccc(F)cc2Cl)o1. The van der Waals surface area contributed by atoms with Gasteiger partial charge in [-0.15, -0.1) is 10.2 Å². The van der Waals surface area contributed by atoms with Gasteiger partial charge in [0, 0.05) is 0 Å². The van der Waals surface area contributed by atoms with Crippen LogP contribution in [0.5, 0.6) is 5.75 Å². The summed E-state index contributed by atoms with van der Waals surface area (Å²) in [6, 6.07) is 7.00. The molecule has 0 bridgehead atoms. The molecule has 142 valence electrons. The van der Waals surface area contributed by atoms with Gasteiger partial charge in [-0.05, 0) is 36.6 Å². The third kappa shape index (κ3) is 4.64. The van der Waals surface area contributed by atoms with Crippen LogP contribution >= 0.6 is 23.4 Å². The predicted octanol–water partition coefficient (Wildman–Crippen LogP) is 4.78. The fraction of sp³-hybridized carbons (Fsp3) is 0.188. The number of nitrogens with zero attached hydrogens (tertiary/aromatic N) is 4. The first-order valence-electron chi connectivity index (χ1n) is 7.46. The molecule has 1 aromatic carbocycles. The molecule has 11 heteroatoms. The van der Waals surface area contributed by atoms with Crippen molar-refractivity contribution in [2.24, 2.45) is 5.10 Å². The van der Waals surface area contributed by atoms with Crippen molar-refractivity contribution in [1.82, 2.24) is 14.9 Å². The third-order valence-corrected chi connectivity index (χ3v) is 4.18. The van der Waals surface area contributed by atoms with E-state index in [0.29, 0.717) is 17.3 Å². The molecule has 0 amide bonds. The van der Waals surface area contributed by atoms with Gasteiger partial charge in [0.2, 0.25) is 11.0 Å². The maximum absolute atomic E-state index is 13.0. The van der Waals surface area contributed by atoms with Crippen LogP contribution in [0.1, 0.15) is 23.8 Å². The second-order valence-corrected chi connectivity index (χ2v) is 6.25. The van der Waals surface area contributed by atoms with Crippen LogP contribution in [0.15, 0.2) is 45.0 Å². The number of thioether (sulfide) groups is 1. The van der Waals surface area contributed by atoms with E-state index in [1.165, 1.54) is 18.3 Å². The standard InChI is InChI=1S/C16H12ClF3N4O2S/c1-27-16-23-22-15(14(19)20)24(16)21-7-10-3-4-11(26-10)8-25-13-5-2-9(18)6-12(13)17/h2-7,14H,8H2,1H3/b21-7-. The number of rotatable bonds is 7. The van der Waals surface area contributed by atoms with E-state index in [-0.39, 0.29) is 16.8 Å². The van der Waals surface area contributed by atoms with Gasteiger partial charge in [-0.3, -0.25) is 0 Å². The van der Waals surface area contributed by atoms with Crippen LogP contribution in [0.25, 0.3) is 0 Å². The zero-order valence-corrected chi connectivity index (χ0v) is 15.3. The average Bonchev–Trinajstić information content (AvgIpc) is 3.25. The van der Waals surface area contributed by atoms with E-state index in [0.717, 1.165) is 22.5 Å². The molecule has 0 aliphatic rings. The molecule has 2 heterocycles. The van der Waals surface area contributed by atoms with Gasteiger partial charge >= 0.3 is 0 Å². The van der Waals surface area contributed by atoms with Crippen LogP contribution in [-0.2, 0) is 6.61 Å². The first-order valence-corrected chi connectivity index (χ1v) is 9.06. The quantitative estimate of drug-likeness (QED) is 0.409. The number of benzene rings is 1. The zero-order valence-electron chi connectivity index (χ0n) is 13.8. The van der Waals surface area contributed by atoms with E-state index in [2.05, 4.69) is 15.3 Å². The topological polar surface area (TPSA) is 65.4 Å². The Morgan fingerprint density at radius 2 is 2.15 bits per heavy atom. The molecule has 0 radical (unpaired) electrons. The number of hydrogen-bond acceptors (Lipinski definition) is 6. The normalized spacial score (nSPS) is 11.6. The lowest BCUT2D eigenvalue weighted by Gasteiger charge is -2.06. The van der Waals surface area contributed by atoms with Gasteiger partial charge in [-0.2, -0.15) is 9.78 Å². The number of hydrogen-bond donors (Lipinski definition) is 0. The molecule has 0 aliphatic heterocycles. The number of halogens is 4. The molecular weight excluding hydrogens is 405 g/mol. The van der Waals surface area contributed by atoms with Crippen molar-refractivity contribution >= 4 is 29.6 Å². The number of furan rings is 1. The lowest BCUT2D eigenvalue weighted by Crippen LogP contribution is -2.00. The molecule has 0 N–H and O–H groups in total. The number of aromatic nitrogens is 3. The maximum Gasteiger partial charge on any atom is 0.299 e. The second kappa shape index (κ2) is 8.49. The summed E-state index contributed by atoms with van der Waals surface area (Å²) in [6.45, 7) is 0.0458. The molecule has 0 atom stereocenters. The highest BCUT2D eigenvalue weighted by molar-refractivity contribution is 7.98. The van der Waals surface area contributed by atoms with Gasteiger partial charge in [0.05, 0.1) is 11.2 Å². The minimum atomic E-state index is -2.81. The summed E-state index contributed by atoms with van der Waals surface area (Å²) in [5.74, 6) is 0.0437. The minimum absolute atomic E-state index is 0.0458. The summed E-state index contributed by atoms with van der Waals surface area (Å²) in [5.41, 5.74) is 0. The highest BCUT2D eigenvalue weighted by Gasteiger charge is 2.19. The summed E-state index contributed by atoms with van der Waals surface area (Å²) in [4.78, 5) is 0. The lowest BCUT2D eigenvalue weighted by molar-refractivity contribution is 0.135. The van der Waals surface area contributed by atoms with E-state index in [1.54, 1.807) is 18.4 Å². The van der Waals surface area contributed by atoms with Crippen molar-refractivity contribution < 1.29 is 22.3 Å². The van der Waals surface area contributed by atoms with E-state index in [1.807, 2.05) is 0 Å².